The molecule has 0 spiro atoms. The molecule has 1 heterocycles. The molecular weight excluding hydrogens is 378 g/mol. The van der Waals surface area contributed by atoms with Crippen LogP contribution < -0.4 is 5.32 Å². The average molecular weight is 408 g/mol. The Hall–Kier alpha value is -1.93. The van der Waals surface area contributed by atoms with Gasteiger partial charge in [0.2, 0.25) is 21.8 Å². The van der Waals surface area contributed by atoms with Gasteiger partial charge in [0.05, 0.1) is 11.4 Å². The van der Waals surface area contributed by atoms with E-state index in [2.05, 4.69) is 5.32 Å². The van der Waals surface area contributed by atoms with Crippen LogP contribution in [0.3, 0.4) is 0 Å². The summed E-state index contributed by atoms with van der Waals surface area (Å²) in [7, 11) is -3.56. The summed E-state index contributed by atoms with van der Waals surface area (Å²) < 4.78 is 27.2. The Balaban J connectivity index is 1.54. The molecule has 1 aromatic carbocycles. The summed E-state index contributed by atoms with van der Waals surface area (Å²) in [6, 6.07) is 6.81. The van der Waals surface area contributed by atoms with Gasteiger partial charge in [0.25, 0.3) is 0 Å². The largest absolute Gasteiger partial charge is 0.347 e. The highest BCUT2D eigenvalue weighted by atomic mass is 32.2. The second-order valence-corrected chi connectivity index (χ2v) is 9.59. The normalized spacial score (nSPS) is 19.4. The molecule has 7 nitrogen and oxygen atoms in total. The van der Waals surface area contributed by atoms with Crippen LogP contribution in [0.25, 0.3) is 0 Å². The summed E-state index contributed by atoms with van der Waals surface area (Å²) in [5.74, 6) is -0.155. The van der Waals surface area contributed by atoms with Gasteiger partial charge in [0.1, 0.15) is 0 Å². The lowest BCUT2D eigenvalue weighted by molar-refractivity contribution is -0.133. The van der Waals surface area contributed by atoms with Crippen molar-refractivity contribution in [1.29, 1.82) is 0 Å². The van der Waals surface area contributed by atoms with Crippen molar-refractivity contribution in [1.82, 2.24) is 14.5 Å². The molecule has 8 heteroatoms. The lowest BCUT2D eigenvalue weighted by Crippen LogP contribution is -2.43. The molecule has 1 saturated heterocycles. The monoisotopic (exact) mass is 407 g/mol. The molecular formula is C20H29N3O4S. The lowest BCUT2D eigenvalue weighted by atomic mass is 10.1. The Labute approximate surface area is 167 Å². The standard InChI is InChI=1S/C20H29N3O4S/c1-16-7-9-18(10-8-16)28(26,27)23-12-4-11-22(13-14-23)19(24)15-21-20(25)17-5-2-3-6-17/h7-10,17H,2-6,11-15H2,1H3,(H,21,25). The van der Waals surface area contributed by atoms with Crippen molar-refractivity contribution in [3.05, 3.63) is 29.8 Å². The SMILES string of the molecule is Cc1ccc(S(=O)(=O)N2CCCN(C(=O)CNC(=O)C3CCCC3)CC2)cc1. The number of hydrogen-bond acceptors (Lipinski definition) is 4. The fourth-order valence-electron chi connectivity index (χ4n) is 3.85. The highest BCUT2D eigenvalue weighted by molar-refractivity contribution is 7.89. The molecule has 2 fully saturated rings. The van der Waals surface area contributed by atoms with Crippen molar-refractivity contribution in [2.75, 3.05) is 32.7 Å². The Kier molecular flexibility index (Phi) is 6.72. The minimum Gasteiger partial charge on any atom is -0.347 e. The van der Waals surface area contributed by atoms with Crippen LogP contribution in [-0.4, -0.2) is 62.2 Å². The second kappa shape index (κ2) is 9.05. The number of aryl methyl sites for hydroxylation is 1. The third kappa shape index (κ3) is 4.91. The lowest BCUT2D eigenvalue weighted by Gasteiger charge is -2.22. The number of benzene rings is 1. The number of amides is 2. The Bertz CT molecular complexity index is 801. The molecule has 0 radical (unpaired) electrons. The van der Waals surface area contributed by atoms with Crippen molar-refractivity contribution < 1.29 is 18.0 Å². The molecule has 1 N–H and O–H groups in total. The molecule has 2 amide bonds. The van der Waals surface area contributed by atoms with Gasteiger partial charge < -0.3 is 10.2 Å². The number of rotatable bonds is 5. The molecule has 1 saturated carbocycles. The van der Waals surface area contributed by atoms with E-state index in [-0.39, 0.29) is 35.7 Å². The van der Waals surface area contributed by atoms with Crippen LogP contribution in [0.4, 0.5) is 0 Å². The fraction of sp³-hybridized carbons (Fsp3) is 0.600. The molecule has 2 aliphatic rings. The van der Waals surface area contributed by atoms with Crippen LogP contribution in [0.15, 0.2) is 29.2 Å². The van der Waals surface area contributed by atoms with E-state index in [1.807, 2.05) is 6.92 Å². The summed E-state index contributed by atoms with van der Waals surface area (Å²) in [5, 5.41) is 2.75. The second-order valence-electron chi connectivity index (χ2n) is 7.65. The summed E-state index contributed by atoms with van der Waals surface area (Å²) in [6.07, 6.45) is 4.52. The van der Waals surface area contributed by atoms with E-state index in [4.69, 9.17) is 0 Å². The predicted molar refractivity (Wildman–Crippen MR) is 106 cm³/mol. The number of sulfonamides is 1. The van der Waals surface area contributed by atoms with Crippen LogP contribution >= 0.6 is 0 Å². The molecule has 0 atom stereocenters. The quantitative estimate of drug-likeness (QED) is 0.802. The van der Waals surface area contributed by atoms with Crippen LogP contribution in [0.5, 0.6) is 0 Å². The highest BCUT2D eigenvalue weighted by Crippen LogP contribution is 2.24. The van der Waals surface area contributed by atoms with Gasteiger partial charge >= 0.3 is 0 Å². The summed E-state index contributed by atoms with van der Waals surface area (Å²) >= 11 is 0. The van der Waals surface area contributed by atoms with Gasteiger partial charge in [-0.1, -0.05) is 30.5 Å². The predicted octanol–water partition coefficient (Wildman–Crippen LogP) is 1.52. The topological polar surface area (TPSA) is 86.8 Å². The van der Waals surface area contributed by atoms with Gasteiger partial charge in [0.15, 0.2) is 0 Å². The van der Waals surface area contributed by atoms with Crippen LogP contribution in [0.2, 0.25) is 0 Å². The first-order valence-electron chi connectivity index (χ1n) is 10.0. The maximum absolute atomic E-state index is 12.9. The minimum atomic E-state index is -3.56. The van der Waals surface area contributed by atoms with Gasteiger partial charge in [0, 0.05) is 32.1 Å². The smallest absolute Gasteiger partial charge is 0.243 e. The van der Waals surface area contributed by atoms with Crippen molar-refractivity contribution in [3.8, 4) is 0 Å². The average Bonchev–Trinajstić information content (AvgIpc) is 3.10. The zero-order valence-corrected chi connectivity index (χ0v) is 17.2. The van der Waals surface area contributed by atoms with Gasteiger partial charge in [-0.15, -0.1) is 0 Å². The van der Waals surface area contributed by atoms with E-state index in [0.29, 0.717) is 26.1 Å². The van der Waals surface area contributed by atoms with Crippen molar-refractivity contribution >= 4 is 21.8 Å². The van der Waals surface area contributed by atoms with Gasteiger partial charge in [-0.3, -0.25) is 9.59 Å². The summed E-state index contributed by atoms with van der Waals surface area (Å²) in [5.41, 5.74) is 1.01. The first-order valence-corrected chi connectivity index (χ1v) is 11.4. The van der Waals surface area contributed by atoms with E-state index in [1.165, 1.54) is 4.31 Å². The first-order chi connectivity index (χ1) is 13.4. The minimum absolute atomic E-state index is 0.0138. The van der Waals surface area contributed by atoms with E-state index in [9.17, 15) is 18.0 Å². The van der Waals surface area contributed by atoms with Crippen molar-refractivity contribution in [2.45, 2.75) is 43.9 Å². The van der Waals surface area contributed by atoms with Gasteiger partial charge in [-0.25, -0.2) is 8.42 Å². The Morgan fingerprint density at radius 1 is 1.00 bits per heavy atom. The number of carbonyl (C=O) groups is 2. The van der Waals surface area contributed by atoms with Gasteiger partial charge in [-0.05, 0) is 38.3 Å². The number of carbonyl (C=O) groups excluding carboxylic acids is 2. The fourth-order valence-corrected chi connectivity index (χ4v) is 5.32. The van der Waals surface area contributed by atoms with E-state index in [0.717, 1.165) is 31.2 Å². The summed E-state index contributed by atoms with van der Waals surface area (Å²) in [6.45, 7) is 3.38. The maximum Gasteiger partial charge on any atom is 0.243 e. The zero-order chi connectivity index (χ0) is 20.1. The van der Waals surface area contributed by atoms with Crippen molar-refractivity contribution in [2.24, 2.45) is 5.92 Å². The van der Waals surface area contributed by atoms with Crippen molar-refractivity contribution in [3.63, 3.8) is 0 Å². The highest BCUT2D eigenvalue weighted by Gasteiger charge is 2.29. The molecule has 1 aliphatic carbocycles. The first kappa shape index (κ1) is 20.8. The Morgan fingerprint density at radius 2 is 1.68 bits per heavy atom. The summed E-state index contributed by atoms with van der Waals surface area (Å²) in [4.78, 5) is 26.5. The number of nitrogens with zero attached hydrogens (tertiary/aromatic N) is 2. The Morgan fingerprint density at radius 3 is 2.36 bits per heavy atom. The van der Waals surface area contributed by atoms with Crippen LogP contribution in [0.1, 0.15) is 37.7 Å². The third-order valence-corrected chi connectivity index (χ3v) is 7.52. The molecule has 154 valence electrons. The maximum atomic E-state index is 12.9. The van der Waals surface area contributed by atoms with Crippen LogP contribution in [0, 0.1) is 12.8 Å². The van der Waals surface area contributed by atoms with E-state index >= 15 is 0 Å². The molecule has 28 heavy (non-hydrogen) atoms. The number of hydrogen-bond donors (Lipinski definition) is 1. The molecule has 0 bridgehead atoms. The third-order valence-electron chi connectivity index (χ3n) is 5.61. The van der Waals surface area contributed by atoms with E-state index < -0.39 is 10.0 Å². The molecule has 1 aliphatic heterocycles. The molecule has 3 rings (SSSR count). The molecule has 0 aromatic heterocycles. The van der Waals surface area contributed by atoms with Gasteiger partial charge in [-0.2, -0.15) is 4.31 Å². The number of nitrogens with one attached hydrogen (secondary N) is 1. The zero-order valence-electron chi connectivity index (χ0n) is 16.4. The van der Waals surface area contributed by atoms with E-state index in [1.54, 1.807) is 29.2 Å². The van der Waals surface area contributed by atoms with Crippen LogP contribution in [-0.2, 0) is 19.6 Å². The molecule has 1 aromatic rings. The molecule has 0 unspecified atom stereocenters.